The Morgan fingerprint density at radius 1 is 0.853 bits per heavy atom. The molecule has 0 saturated carbocycles. The van der Waals surface area contributed by atoms with Crippen molar-refractivity contribution in [3.63, 3.8) is 0 Å². The third-order valence-corrected chi connectivity index (χ3v) is 4.90. The molecule has 202 valence electrons. The number of carbonyl (C=O) groups excluding carboxylic acids is 2. The summed E-state index contributed by atoms with van der Waals surface area (Å²) >= 11 is -0.229. The minimum atomic E-state index is -7.15. The number of hydrogen-bond acceptors (Lipinski definition) is 8. The summed E-state index contributed by atoms with van der Waals surface area (Å²) in [7, 11) is 0. The lowest BCUT2D eigenvalue weighted by Gasteiger charge is -2.33. The van der Waals surface area contributed by atoms with E-state index in [1.54, 1.807) is 0 Å². The van der Waals surface area contributed by atoms with Crippen LogP contribution in [0.2, 0.25) is 0 Å². The van der Waals surface area contributed by atoms with E-state index in [0.717, 1.165) is 25.7 Å². The van der Waals surface area contributed by atoms with Gasteiger partial charge in [0.25, 0.3) is 0 Å². The average Bonchev–Trinajstić information content (AvgIpc) is 2.73. The number of alkyl halides is 9. The molecule has 7 nitrogen and oxygen atoms in total. The Balaban J connectivity index is 4.95. The maximum absolute atomic E-state index is 13.5. The highest BCUT2D eigenvalue weighted by Gasteiger charge is 2.82. The molecule has 0 heterocycles. The third-order valence-electron chi connectivity index (χ3n) is 4.17. The van der Waals surface area contributed by atoms with Crippen LogP contribution >= 0.6 is 12.0 Å². The summed E-state index contributed by atoms with van der Waals surface area (Å²) in [5, 5.41) is 9.24. The number of ether oxygens (including phenoxy) is 2. The van der Waals surface area contributed by atoms with E-state index in [-0.39, 0.29) is 18.6 Å². The zero-order chi connectivity index (χ0) is 26.6. The number of esters is 2. The van der Waals surface area contributed by atoms with Gasteiger partial charge in [0.2, 0.25) is 0 Å². The summed E-state index contributed by atoms with van der Waals surface area (Å²) in [6.45, 7) is -0.975. The van der Waals surface area contributed by atoms with E-state index >= 15 is 0 Å². The van der Waals surface area contributed by atoms with Gasteiger partial charge in [-0.1, -0.05) is 44.1 Å². The topological polar surface area (TPSA) is 91.3 Å². The van der Waals surface area contributed by atoms with Crippen LogP contribution in [0.5, 0.6) is 0 Å². The second-order valence-corrected chi connectivity index (χ2v) is 7.78. The maximum Gasteiger partial charge on any atom is 0.460 e. The lowest BCUT2D eigenvalue weighted by atomic mass is 10.0. The standard InChI is InChI=1S/C17H23F9O7S/c1-2-3-4-5-6-7-8-30-12(27)9-11(34-33-32-29)13(28)31-10-14(18,19)15(20,21)16(22,23)17(24,25)26/h11,29H,2-10H2,1H3. The Morgan fingerprint density at radius 2 is 1.41 bits per heavy atom. The molecule has 17 heteroatoms. The highest BCUT2D eigenvalue weighted by atomic mass is 32.2. The van der Waals surface area contributed by atoms with Crippen LogP contribution in [-0.2, 0) is 28.4 Å². The van der Waals surface area contributed by atoms with E-state index in [0.29, 0.717) is 12.8 Å². The van der Waals surface area contributed by atoms with Gasteiger partial charge in [0.1, 0.15) is 5.25 Å². The van der Waals surface area contributed by atoms with E-state index in [4.69, 9.17) is 9.99 Å². The molecular formula is C17H23F9O7S. The number of rotatable bonds is 17. The van der Waals surface area contributed by atoms with Crippen molar-refractivity contribution in [2.24, 2.45) is 0 Å². The smallest absolute Gasteiger partial charge is 0.460 e. The van der Waals surface area contributed by atoms with Crippen molar-refractivity contribution >= 4 is 24.0 Å². The van der Waals surface area contributed by atoms with Crippen molar-refractivity contribution in [3.8, 4) is 0 Å². The molecule has 0 aromatic carbocycles. The van der Waals surface area contributed by atoms with Crippen molar-refractivity contribution in [2.75, 3.05) is 13.2 Å². The van der Waals surface area contributed by atoms with Crippen molar-refractivity contribution in [3.05, 3.63) is 0 Å². The number of carbonyl (C=O) groups is 2. The van der Waals surface area contributed by atoms with E-state index in [1.807, 2.05) is 6.92 Å². The van der Waals surface area contributed by atoms with Crippen molar-refractivity contribution in [2.45, 2.75) is 81.1 Å². The molecule has 0 fully saturated rings. The van der Waals surface area contributed by atoms with Crippen LogP contribution < -0.4 is 0 Å². The fourth-order valence-corrected chi connectivity index (χ4v) is 2.73. The lowest BCUT2D eigenvalue weighted by molar-refractivity contribution is -0.432. The largest absolute Gasteiger partial charge is 0.466 e. The van der Waals surface area contributed by atoms with Gasteiger partial charge in [-0.05, 0) is 6.42 Å². The summed E-state index contributed by atoms with van der Waals surface area (Å²) in [6, 6.07) is 0. The Kier molecular flexibility index (Phi) is 13.6. The molecule has 0 radical (unpaired) electrons. The quantitative estimate of drug-likeness (QED) is 0.0623. The summed E-state index contributed by atoms with van der Waals surface area (Å²) in [4.78, 5) is 23.6. The predicted molar refractivity (Wildman–Crippen MR) is 97.0 cm³/mol. The van der Waals surface area contributed by atoms with Crippen LogP contribution in [0.4, 0.5) is 39.5 Å². The molecule has 0 aliphatic heterocycles. The Hall–Kier alpha value is -1.46. The van der Waals surface area contributed by atoms with Gasteiger partial charge in [0.05, 0.1) is 25.1 Å². The van der Waals surface area contributed by atoms with Gasteiger partial charge < -0.3 is 9.47 Å². The molecule has 0 spiro atoms. The second kappa shape index (κ2) is 14.2. The first kappa shape index (κ1) is 32.5. The van der Waals surface area contributed by atoms with E-state index in [1.165, 1.54) is 0 Å². The molecular weight excluding hydrogens is 519 g/mol. The minimum absolute atomic E-state index is 0.0917. The first-order valence-electron chi connectivity index (χ1n) is 9.71. The number of halogens is 9. The molecule has 0 aliphatic carbocycles. The van der Waals surface area contributed by atoms with Gasteiger partial charge >= 0.3 is 35.9 Å². The molecule has 34 heavy (non-hydrogen) atoms. The Labute approximate surface area is 192 Å². The molecule has 0 amide bonds. The highest BCUT2D eigenvalue weighted by molar-refractivity contribution is 7.95. The molecule has 0 aromatic rings. The van der Waals surface area contributed by atoms with Crippen molar-refractivity contribution in [1.82, 2.24) is 0 Å². The van der Waals surface area contributed by atoms with E-state index in [2.05, 4.69) is 14.1 Å². The van der Waals surface area contributed by atoms with Gasteiger partial charge in [-0.3, -0.25) is 9.59 Å². The van der Waals surface area contributed by atoms with Gasteiger partial charge in [-0.15, -0.1) is 4.33 Å². The molecule has 1 atom stereocenters. The van der Waals surface area contributed by atoms with E-state index < -0.39 is 54.2 Å². The minimum Gasteiger partial charge on any atom is -0.466 e. The van der Waals surface area contributed by atoms with E-state index in [9.17, 15) is 49.1 Å². The van der Waals surface area contributed by atoms with Gasteiger partial charge in [-0.25, -0.2) is 5.26 Å². The number of unbranched alkanes of at least 4 members (excludes halogenated alkanes) is 5. The molecule has 0 aromatic heterocycles. The van der Waals surface area contributed by atoms with Gasteiger partial charge in [0, 0.05) is 0 Å². The lowest BCUT2D eigenvalue weighted by Crippen LogP contribution is -2.62. The zero-order valence-corrected chi connectivity index (χ0v) is 18.5. The highest BCUT2D eigenvalue weighted by Crippen LogP contribution is 2.53. The molecule has 1 N–H and O–H groups in total. The first-order chi connectivity index (χ1) is 15.5. The SMILES string of the molecule is CCCCCCCCOC(=O)CC(SOOO)C(=O)OCC(F)(F)C(F)(F)C(F)(F)C(F)(F)F. The monoisotopic (exact) mass is 542 g/mol. The maximum atomic E-state index is 13.5. The van der Waals surface area contributed by atoms with Crippen LogP contribution in [0.25, 0.3) is 0 Å². The molecule has 0 saturated heterocycles. The molecule has 0 rings (SSSR count). The van der Waals surface area contributed by atoms with Gasteiger partial charge in [0.15, 0.2) is 6.61 Å². The van der Waals surface area contributed by atoms with Gasteiger partial charge in [-0.2, -0.15) is 39.5 Å². The molecule has 0 bridgehead atoms. The molecule has 0 aliphatic rings. The fraction of sp³-hybridized carbons (Fsp3) is 0.882. The predicted octanol–water partition coefficient (Wildman–Crippen LogP) is 5.73. The summed E-state index contributed by atoms with van der Waals surface area (Å²) in [6.07, 6.45) is -3.01. The van der Waals surface area contributed by atoms with Crippen molar-refractivity contribution < 1.29 is 73.2 Å². The van der Waals surface area contributed by atoms with Crippen LogP contribution in [0.15, 0.2) is 0 Å². The Bertz CT molecular complexity index is 633. The fourth-order valence-electron chi connectivity index (χ4n) is 2.25. The second-order valence-electron chi connectivity index (χ2n) is 6.88. The van der Waals surface area contributed by atoms with Crippen molar-refractivity contribution in [1.29, 1.82) is 0 Å². The van der Waals surface area contributed by atoms with Crippen LogP contribution in [0.3, 0.4) is 0 Å². The molecule has 1 unspecified atom stereocenters. The third kappa shape index (κ3) is 9.65. The summed E-state index contributed by atoms with van der Waals surface area (Å²) < 4.78 is 128. The number of hydrogen-bond donors (Lipinski definition) is 1. The van der Waals surface area contributed by atoms with Crippen LogP contribution in [-0.4, -0.2) is 59.6 Å². The summed E-state index contributed by atoms with van der Waals surface area (Å²) in [5.41, 5.74) is 0. The van der Waals surface area contributed by atoms with Crippen LogP contribution in [0, 0.1) is 0 Å². The average molecular weight is 542 g/mol. The van der Waals surface area contributed by atoms with Crippen LogP contribution in [0.1, 0.15) is 51.9 Å². The first-order valence-corrected chi connectivity index (χ1v) is 10.5. The zero-order valence-electron chi connectivity index (χ0n) is 17.6. The summed E-state index contributed by atoms with van der Waals surface area (Å²) in [5.74, 6) is -23.4. The Morgan fingerprint density at radius 3 is 1.94 bits per heavy atom. The normalized spacial score (nSPS) is 14.1.